The summed E-state index contributed by atoms with van der Waals surface area (Å²) in [6, 6.07) is 7.69. The Bertz CT molecular complexity index is 514. The molecule has 4 heteroatoms. The van der Waals surface area contributed by atoms with Crippen molar-refractivity contribution in [2.75, 3.05) is 26.7 Å². The first-order valence-corrected chi connectivity index (χ1v) is 6.93. The number of nitrogens with zero attached hydrogens (tertiary/aromatic N) is 2. The zero-order valence-electron chi connectivity index (χ0n) is 12.6. The third kappa shape index (κ3) is 3.00. The number of benzene rings is 1. The number of piperazine rings is 1. The normalized spacial score (nSPS) is 16.5. The minimum absolute atomic E-state index is 0.00379. The Morgan fingerprint density at radius 1 is 1.10 bits per heavy atom. The van der Waals surface area contributed by atoms with E-state index in [1.54, 1.807) is 16.8 Å². The lowest BCUT2D eigenvalue weighted by Gasteiger charge is -2.32. The summed E-state index contributed by atoms with van der Waals surface area (Å²) in [7, 11) is 1.77. The van der Waals surface area contributed by atoms with Crippen LogP contribution in [0.25, 0.3) is 0 Å². The lowest BCUT2D eigenvalue weighted by molar-refractivity contribution is -0.133. The Morgan fingerprint density at radius 2 is 1.70 bits per heavy atom. The standard InChI is InChI=1S/C16H22N2O2/c1-16(2,3)13-7-5-12(6-8-13)15(20)18-10-9-17(4)14(19)11-18/h5-8H,9-11H2,1-4H3. The minimum Gasteiger partial charge on any atom is -0.342 e. The highest BCUT2D eigenvalue weighted by atomic mass is 16.2. The first-order valence-electron chi connectivity index (χ1n) is 6.93. The van der Waals surface area contributed by atoms with Crippen molar-refractivity contribution in [1.82, 2.24) is 9.80 Å². The Kier molecular flexibility index (Phi) is 3.84. The van der Waals surface area contributed by atoms with Gasteiger partial charge in [-0.1, -0.05) is 32.9 Å². The number of hydrogen-bond donors (Lipinski definition) is 0. The zero-order valence-corrected chi connectivity index (χ0v) is 12.6. The van der Waals surface area contributed by atoms with E-state index in [1.165, 1.54) is 5.56 Å². The Labute approximate surface area is 120 Å². The lowest BCUT2D eigenvalue weighted by Crippen LogP contribution is -2.50. The van der Waals surface area contributed by atoms with E-state index in [1.807, 2.05) is 24.3 Å². The first kappa shape index (κ1) is 14.6. The summed E-state index contributed by atoms with van der Waals surface area (Å²) < 4.78 is 0. The Hall–Kier alpha value is -1.84. The Balaban J connectivity index is 2.12. The molecule has 0 bridgehead atoms. The van der Waals surface area contributed by atoms with E-state index in [2.05, 4.69) is 20.8 Å². The summed E-state index contributed by atoms with van der Waals surface area (Å²) in [5, 5.41) is 0. The molecule has 2 amide bonds. The summed E-state index contributed by atoms with van der Waals surface area (Å²) in [5.41, 5.74) is 1.92. The van der Waals surface area contributed by atoms with Gasteiger partial charge in [0.2, 0.25) is 5.91 Å². The molecule has 1 aromatic carbocycles. The fraction of sp³-hybridized carbons (Fsp3) is 0.500. The molecule has 2 rings (SSSR count). The highest BCUT2D eigenvalue weighted by molar-refractivity contribution is 5.97. The topological polar surface area (TPSA) is 40.6 Å². The summed E-state index contributed by atoms with van der Waals surface area (Å²) >= 11 is 0. The number of rotatable bonds is 1. The van der Waals surface area contributed by atoms with Gasteiger partial charge in [0.25, 0.3) is 5.91 Å². The molecule has 0 saturated carbocycles. The summed E-state index contributed by atoms with van der Waals surface area (Å²) in [6.07, 6.45) is 0. The second-order valence-corrected chi connectivity index (χ2v) is 6.37. The van der Waals surface area contributed by atoms with Crippen LogP contribution >= 0.6 is 0 Å². The van der Waals surface area contributed by atoms with E-state index in [4.69, 9.17) is 0 Å². The molecule has 1 saturated heterocycles. The zero-order chi connectivity index (χ0) is 14.9. The average Bonchev–Trinajstić information content (AvgIpc) is 2.40. The highest BCUT2D eigenvalue weighted by Gasteiger charge is 2.25. The molecular formula is C16H22N2O2. The maximum absolute atomic E-state index is 12.4. The largest absolute Gasteiger partial charge is 0.342 e. The van der Waals surface area contributed by atoms with Crippen LogP contribution < -0.4 is 0 Å². The summed E-state index contributed by atoms with van der Waals surface area (Å²) in [5.74, 6) is -0.0668. The van der Waals surface area contributed by atoms with Crippen LogP contribution in [0.2, 0.25) is 0 Å². The molecule has 0 unspecified atom stereocenters. The molecule has 1 heterocycles. The van der Waals surface area contributed by atoms with E-state index in [0.29, 0.717) is 18.7 Å². The van der Waals surface area contributed by atoms with Gasteiger partial charge >= 0.3 is 0 Å². The van der Waals surface area contributed by atoms with Crippen LogP contribution in [-0.2, 0) is 10.2 Å². The number of amides is 2. The third-order valence-electron chi connectivity index (χ3n) is 3.74. The maximum Gasteiger partial charge on any atom is 0.254 e. The molecule has 0 aromatic heterocycles. The van der Waals surface area contributed by atoms with Crippen molar-refractivity contribution >= 4 is 11.8 Å². The SMILES string of the molecule is CN1CCN(C(=O)c2ccc(C(C)(C)C)cc2)CC1=O. The third-order valence-corrected chi connectivity index (χ3v) is 3.74. The van der Waals surface area contributed by atoms with E-state index in [0.717, 1.165) is 0 Å². The van der Waals surface area contributed by atoms with E-state index in [9.17, 15) is 9.59 Å². The van der Waals surface area contributed by atoms with Crippen LogP contribution in [0.3, 0.4) is 0 Å². The predicted octanol–water partition coefficient (Wildman–Crippen LogP) is 1.90. The van der Waals surface area contributed by atoms with Crippen molar-refractivity contribution in [3.05, 3.63) is 35.4 Å². The van der Waals surface area contributed by atoms with E-state index < -0.39 is 0 Å². The van der Waals surface area contributed by atoms with E-state index in [-0.39, 0.29) is 23.8 Å². The van der Waals surface area contributed by atoms with Crippen molar-refractivity contribution in [3.8, 4) is 0 Å². The van der Waals surface area contributed by atoms with Gasteiger partial charge in [-0.15, -0.1) is 0 Å². The molecule has 0 spiro atoms. The van der Waals surface area contributed by atoms with Gasteiger partial charge in [-0.25, -0.2) is 0 Å². The molecule has 1 aromatic rings. The summed E-state index contributed by atoms with van der Waals surface area (Å²) in [4.78, 5) is 27.3. The van der Waals surface area contributed by atoms with Crippen molar-refractivity contribution in [2.24, 2.45) is 0 Å². The molecule has 0 N–H and O–H groups in total. The molecule has 0 atom stereocenters. The molecular weight excluding hydrogens is 252 g/mol. The molecule has 20 heavy (non-hydrogen) atoms. The second kappa shape index (κ2) is 5.27. The number of carbonyl (C=O) groups is 2. The van der Waals surface area contributed by atoms with Crippen LogP contribution in [-0.4, -0.2) is 48.3 Å². The lowest BCUT2D eigenvalue weighted by atomic mass is 9.86. The molecule has 1 aliphatic rings. The molecule has 1 fully saturated rings. The van der Waals surface area contributed by atoms with Crippen LogP contribution in [0.4, 0.5) is 0 Å². The molecule has 108 valence electrons. The van der Waals surface area contributed by atoms with Gasteiger partial charge in [-0.2, -0.15) is 0 Å². The number of likely N-dealkylation sites (N-methyl/N-ethyl adjacent to an activating group) is 1. The first-order chi connectivity index (χ1) is 9.29. The number of carbonyl (C=O) groups excluding carboxylic acids is 2. The monoisotopic (exact) mass is 274 g/mol. The fourth-order valence-electron chi connectivity index (χ4n) is 2.23. The predicted molar refractivity (Wildman–Crippen MR) is 78.7 cm³/mol. The van der Waals surface area contributed by atoms with Gasteiger partial charge in [0.15, 0.2) is 0 Å². The van der Waals surface area contributed by atoms with Crippen molar-refractivity contribution in [3.63, 3.8) is 0 Å². The number of hydrogen-bond acceptors (Lipinski definition) is 2. The van der Waals surface area contributed by atoms with Gasteiger partial charge < -0.3 is 9.80 Å². The van der Waals surface area contributed by atoms with Crippen molar-refractivity contribution in [2.45, 2.75) is 26.2 Å². The molecule has 0 radical (unpaired) electrons. The fourth-order valence-corrected chi connectivity index (χ4v) is 2.23. The molecule has 1 aliphatic heterocycles. The van der Waals surface area contributed by atoms with Gasteiger partial charge in [-0.3, -0.25) is 9.59 Å². The highest BCUT2D eigenvalue weighted by Crippen LogP contribution is 2.22. The second-order valence-electron chi connectivity index (χ2n) is 6.37. The van der Waals surface area contributed by atoms with Crippen LogP contribution in [0.5, 0.6) is 0 Å². The summed E-state index contributed by atoms with van der Waals surface area (Å²) in [6.45, 7) is 7.80. The maximum atomic E-state index is 12.4. The van der Waals surface area contributed by atoms with Gasteiger partial charge in [0, 0.05) is 25.7 Å². The Morgan fingerprint density at radius 3 is 2.20 bits per heavy atom. The molecule has 0 aliphatic carbocycles. The van der Waals surface area contributed by atoms with Gasteiger partial charge in [0.1, 0.15) is 6.54 Å². The smallest absolute Gasteiger partial charge is 0.254 e. The minimum atomic E-state index is -0.0630. The molecule has 4 nitrogen and oxygen atoms in total. The van der Waals surface area contributed by atoms with E-state index >= 15 is 0 Å². The van der Waals surface area contributed by atoms with Crippen LogP contribution in [0.1, 0.15) is 36.7 Å². The van der Waals surface area contributed by atoms with Gasteiger partial charge in [-0.05, 0) is 23.1 Å². The van der Waals surface area contributed by atoms with Crippen molar-refractivity contribution < 1.29 is 9.59 Å². The van der Waals surface area contributed by atoms with Gasteiger partial charge in [0.05, 0.1) is 0 Å². The van der Waals surface area contributed by atoms with Crippen LogP contribution in [0.15, 0.2) is 24.3 Å². The quantitative estimate of drug-likeness (QED) is 0.785. The van der Waals surface area contributed by atoms with Crippen LogP contribution in [0, 0.1) is 0 Å². The van der Waals surface area contributed by atoms with Crippen molar-refractivity contribution in [1.29, 1.82) is 0 Å². The average molecular weight is 274 g/mol.